The molecule has 4 rings (SSSR count). The molecule has 0 bridgehead atoms. The first-order chi connectivity index (χ1) is 12.1. The van der Waals surface area contributed by atoms with Crippen molar-refractivity contribution >= 4 is 22.4 Å². The van der Waals surface area contributed by atoms with Gasteiger partial charge < -0.3 is 10.1 Å². The van der Waals surface area contributed by atoms with Gasteiger partial charge in [-0.25, -0.2) is 8.42 Å². The fourth-order valence-electron chi connectivity index (χ4n) is 4.36. The van der Waals surface area contributed by atoms with Gasteiger partial charge in [0, 0.05) is 32.7 Å². The molecule has 0 radical (unpaired) electrons. The van der Waals surface area contributed by atoms with E-state index in [1.807, 2.05) is 18.2 Å². The van der Waals surface area contributed by atoms with Crippen LogP contribution in [0.1, 0.15) is 18.4 Å². The number of hydrogen-bond donors (Lipinski definition) is 1. The van der Waals surface area contributed by atoms with Crippen molar-refractivity contribution in [2.75, 3.05) is 52.5 Å². The Morgan fingerprint density at radius 2 is 1.88 bits per heavy atom. The number of likely N-dealkylation sites (tertiary alicyclic amines) is 1. The molecule has 1 aromatic carbocycles. The van der Waals surface area contributed by atoms with E-state index in [9.17, 15) is 8.42 Å². The standard InChI is InChI=1S/C18H27N3O3S.ClH/c22-25(23,21-9-11-24-12-10-21)17-4-2-1-3-16(17)13-20-8-6-18(15-20)5-7-19-14-18;/h1-4,19H,5-15H2;1H. The van der Waals surface area contributed by atoms with E-state index in [1.54, 1.807) is 10.4 Å². The highest BCUT2D eigenvalue weighted by atomic mass is 35.5. The van der Waals surface area contributed by atoms with Gasteiger partial charge in [-0.1, -0.05) is 18.2 Å². The van der Waals surface area contributed by atoms with E-state index in [-0.39, 0.29) is 12.4 Å². The second-order valence-corrected chi connectivity index (χ2v) is 9.42. The number of ether oxygens (including phenoxy) is 1. The molecule has 1 N–H and O–H groups in total. The second kappa shape index (κ2) is 8.12. The Hall–Kier alpha value is -0.700. The Balaban J connectivity index is 0.00000196. The third kappa shape index (κ3) is 3.93. The van der Waals surface area contributed by atoms with Gasteiger partial charge in [0.25, 0.3) is 0 Å². The Morgan fingerprint density at radius 1 is 1.12 bits per heavy atom. The van der Waals surface area contributed by atoms with Crippen LogP contribution in [-0.4, -0.2) is 70.1 Å². The number of halogens is 1. The van der Waals surface area contributed by atoms with Crippen molar-refractivity contribution in [3.05, 3.63) is 29.8 Å². The number of rotatable bonds is 4. The zero-order valence-electron chi connectivity index (χ0n) is 15.0. The van der Waals surface area contributed by atoms with Crippen molar-refractivity contribution < 1.29 is 13.2 Å². The van der Waals surface area contributed by atoms with E-state index >= 15 is 0 Å². The first kappa shape index (κ1) is 20.0. The van der Waals surface area contributed by atoms with Crippen molar-refractivity contribution in [3.8, 4) is 0 Å². The summed E-state index contributed by atoms with van der Waals surface area (Å²) in [7, 11) is -3.45. The van der Waals surface area contributed by atoms with Gasteiger partial charge in [-0.3, -0.25) is 4.90 Å². The van der Waals surface area contributed by atoms with Crippen LogP contribution in [0.25, 0.3) is 0 Å². The number of sulfonamides is 1. The van der Waals surface area contributed by atoms with Gasteiger partial charge in [-0.15, -0.1) is 12.4 Å². The molecular weight excluding hydrogens is 374 g/mol. The summed E-state index contributed by atoms with van der Waals surface area (Å²) in [6.45, 7) is 6.85. The lowest BCUT2D eigenvalue weighted by molar-refractivity contribution is 0.0730. The van der Waals surface area contributed by atoms with E-state index in [4.69, 9.17) is 4.74 Å². The van der Waals surface area contributed by atoms with Crippen LogP contribution in [0.4, 0.5) is 0 Å². The summed E-state index contributed by atoms with van der Waals surface area (Å²) in [5, 5.41) is 3.48. The van der Waals surface area contributed by atoms with Crippen LogP contribution in [-0.2, 0) is 21.3 Å². The molecule has 8 heteroatoms. The lowest BCUT2D eigenvalue weighted by Gasteiger charge is -2.28. The van der Waals surface area contributed by atoms with Gasteiger partial charge in [-0.2, -0.15) is 4.31 Å². The molecule has 0 saturated carbocycles. The summed E-state index contributed by atoms with van der Waals surface area (Å²) >= 11 is 0. The van der Waals surface area contributed by atoms with Crippen molar-refractivity contribution in [2.45, 2.75) is 24.3 Å². The molecule has 3 fully saturated rings. The lowest BCUT2D eigenvalue weighted by atomic mass is 9.86. The molecule has 26 heavy (non-hydrogen) atoms. The third-order valence-electron chi connectivity index (χ3n) is 5.80. The van der Waals surface area contributed by atoms with Crippen LogP contribution in [0.5, 0.6) is 0 Å². The number of nitrogens with zero attached hydrogens (tertiary/aromatic N) is 2. The number of morpholine rings is 1. The molecule has 0 aromatic heterocycles. The Labute approximate surface area is 162 Å². The minimum Gasteiger partial charge on any atom is -0.379 e. The highest BCUT2D eigenvalue weighted by Crippen LogP contribution is 2.37. The maximum absolute atomic E-state index is 13.1. The maximum atomic E-state index is 13.1. The smallest absolute Gasteiger partial charge is 0.243 e. The number of hydrogen-bond acceptors (Lipinski definition) is 5. The van der Waals surface area contributed by atoms with Crippen LogP contribution in [0.2, 0.25) is 0 Å². The molecule has 146 valence electrons. The summed E-state index contributed by atoms with van der Waals surface area (Å²) in [4.78, 5) is 2.88. The monoisotopic (exact) mass is 401 g/mol. The van der Waals surface area contributed by atoms with Crippen LogP contribution >= 0.6 is 12.4 Å². The fraction of sp³-hybridized carbons (Fsp3) is 0.667. The molecule has 0 aliphatic carbocycles. The van der Waals surface area contributed by atoms with E-state index in [0.29, 0.717) is 43.2 Å². The average Bonchev–Trinajstić information content (AvgIpc) is 3.26. The van der Waals surface area contributed by atoms with Gasteiger partial charge in [-0.05, 0) is 43.0 Å². The van der Waals surface area contributed by atoms with Crippen LogP contribution in [0.15, 0.2) is 29.2 Å². The zero-order valence-corrected chi connectivity index (χ0v) is 16.7. The Morgan fingerprint density at radius 3 is 2.62 bits per heavy atom. The quantitative estimate of drug-likeness (QED) is 0.824. The van der Waals surface area contributed by atoms with E-state index in [2.05, 4.69) is 10.2 Å². The minimum absolute atomic E-state index is 0. The van der Waals surface area contributed by atoms with Gasteiger partial charge in [0.05, 0.1) is 18.1 Å². The molecule has 3 aliphatic heterocycles. The normalized spacial score (nSPS) is 27.7. The third-order valence-corrected chi connectivity index (χ3v) is 7.80. The van der Waals surface area contributed by atoms with E-state index in [1.165, 1.54) is 12.8 Å². The van der Waals surface area contributed by atoms with Gasteiger partial charge in [0.2, 0.25) is 10.0 Å². The zero-order chi connectivity index (χ0) is 17.3. The fourth-order valence-corrected chi connectivity index (χ4v) is 5.98. The summed E-state index contributed by atoms with van der Waals surface area (Å²) in [5.74, 6) is 0. The van der Waals surface area contributed by atoms with Crippen LogP contribution < -0.4 is 5.32 Å². The molecule has 1 unspecified atom stereocenters. The van der Waals surface area contributed by atoms with E-state index in [0.717, 1.165) is 31.7 Å². The van der Waals surface area contributed by atoms with Crippen molar-refractivity contribution in [1.82, 2.24) is 14.5 Å². The molecule has 3 aliphatic rings. The summed E-state index contributed by atoms with van der Waals surface area (Å²) in [5.41, 5.74) is 1.31. The summed E-state index contributed by atoms with van der Waals surface area (Å²) < 4.78 is 33.0. The number of nitrogens with one attached hydrogen (secondary N) is 1. The highest BCUT2D eigenvalue weighted by Gasteiger charge is 2.40. The Kier molecular flexibility index (Phi) is 6.26. The van der Waals surface area contributed by atoms with Crippen molar-refractivity contribution in [1.29, 1.82) is 0 Å². The van der Waals surface area contributed by atoms with Crippen molar-refractivity contribution in [3.63, 3.8) is 0 Å². The minimum atomic E-state index is -3.45. The molecule has 3 saturated heterocycles. The Bertz CT molecular complexity index is 716. The predicted molar refractivity (Wildman–Crippen MR) is 103 cm³/mol. The first-order valence-corrected chi connectivity index (χ1v) is 10.6. The van der Waals surface area contributed by atoms with Crippen LogP contribution in [0, 0.1) is 5.41 Å². The summed E-state index contributed by atoms with van der Waals surface area (Å²) in [6, 6.07) is 7.48. The molecule has 3 heterocycles. The maximum Gasteiger partial charge on any atom is 0.243 e. The van der Waals surface area contributed by atoms with Crippen LogP contribution in [0.3, 0.4) is 0 Å². The van der Waals surface area contributed by atoms with Gasteiger partial charge >= 0.3 is 0 Å². The van der Waals surface area contributed by atoms with Crippen molar-refractivity contribution in [2.24, 2.45) is 5.41 Å². The average molecular weight is 402 g/mol. The van der Waals surface area contributed by atoms with Gasteiger partial charge in [0.1, 0.15) is 0 Å². The molecule has 6 nitrogen and oxygen atoms in total. The second-order valence-electron chi connectivity index (χ2n) is 7.51. The molecule has 1 aromatic rings. The molecule has 1 atom stereocenters. The SMILES string of the molecule is Cl.O=S(=O)(c1ccccc1CN1CCC2(CCNC2)C1)N1CCOCC1. The first-order valence-electron chi connectivity index (χ1n) is 9.18. The largest absolute Gasteiger partial charge is 0.379 e. The number of benzene rings is 1. The predicted octanol–water partition coefficient (Wildman–Crippen LogP) is 1.31. The topological polar surface area (TPSA) is 61.9 Å². The summed E-state index contributed by atoms with van der Waals surface area (Å²) in [6.07, 6.45) is 2.44. The molecule has 0 amide bonds. The molecule has 1 spiro atoms. The lowest BCUT2D eigenvalue weighted by Crippen LogP contribution is -2.41. The highest BCUT2D eigenvalue weighted by molar-refractivity contribution is 7.89. The molecular formula is C18H28ClN3O3S. The van der Waals surface area contributed by atoms with E-state index < -0.39 is 10.0 Å². The van der Waals surface area contributed by atoms with Gasteiger partial charge in [0.15, 0.2) is 0 Å².